The standard InChI is InChI=1S/C15H16Cl2N2O4S/c1-2-23-15(22)11-7-24-12(14(21)19-11)6-13(20)18-10-5-8(16)3-4-9(10)17/h3-5,11-12H,2,6-7H2,1H3,(H,18,20)(H,19,21)/t11-,12-/m0/s1. The zero-order valence-corrected chi connectivity index (χ0v) is 15.1. The zero-order valence-electron chi connectivity index (χ0n) is 12.8. The molecule has 1 aromatic carbocycles. The van der Waals surface area contributed by atoms with Gasteiger partial charge in [-0.2, -0.15) is 0 Å². The largest absolute Gasteiger partial charge is 0.464 e. The second-order valence-corrected chi connectivity index (χ2v) is 7.09. The van der Waals surface area contributed by atoms with E-state index in [1.54, 1.807) is 19.1 Å². The van der Waals surface area contributed by atoms with E-state index < -0.39 is 17.3 Å². The molecule has 0 unspecified atom stereocenters. The predicted octanol–water partition coefficient (Wildman–Crippen LogP) is 2.49. The second-order valence-electron chi connectivity index (χ2n) is 5.01. The van der Waals surface area contributed by atoms with Crippen molar-refractivity contribution in [2.24, 2.45) is 0 Å². The van der Waals surface area contributed by atoms with Crippen LogP contribution in [0.5, 0.6) is 0 Å². The Hall–Kier alpha value is -1.44. The van der Waals surface area contributed by atoms with Gasteiger partial charge in [-0.3, -0.25) is 9.59 Å². The lowest BCUT2D eigenvalue weighted by molar-refractivity contribution is -0.146. The van der Waals surface area contributed by atoms with Gasteiger partial charge in [-0.1, -0.05) is 23.2 Å². The average Bonchev–Trinajstić information content (AvgIpc) is 2.53. The van der Waals surface area contributed by atoms with E-state index in [9.17, 15) is 14.4 Å². The van der Waals surface area contributed by atoms with Gasteiger partial charge in [0.05, 0.1) is 22.6 Å². The number of esters is 1. The van der Waals surface area contributed by atoms with Gasteiger partial charge in [0.25, 0.3) is 0 Å². The monoisotopic (exact) mass is 390 g/mol. The number of hydrogen-bond donors (Lipinski definition) is 2. The molecular weight excluding hydrogens is 375 g/mol. The maximum atomic E-state index is 12.1. The smallest absolute Gasteiger partial charge is 0.329 e. The van der Waals surface area contributed by atoms with E-state index in [0.717, 1.165) is 0 Å². The van der Waals surface area contributed by atoms with Crippen LogP contribution in [0.1, 0.15) is 13.3 Å². The molecule has 0 bridgehead atoms. The summed E-state index contributed by atoms with van der Waals surface area (Å²) >= 11 is 13.1. The highest BCUT2D eigenvalue weighted by Gasteiger charge is 2.34. The first kappa shape index (κ1) is 18.9. The molecule has 2 atom stereocenters. The molecule has 1 saturated heterocycles. The van der Waals surface area contributed by atoms with Crippen LogP contribution in [0, 0.1) is 0 Å². The molecule has 0 radical (unpaired) electrons. The highest BCUT2D eigenvalue weighted by molar-refractivity contribution is 8.00. The molecular formula is C15H16Cl2N2O4S. The van der Waals surface area contributed by atoms with Crippen molar-refractivity contribution in [3.8, 4) is 0 Å². The van der Waals surface area contributed by atoms with E-state index in [1.807, 2.05) is 0 Å². The highest BCUT2D eigenvalue weighted by atomic mass is 35.5. The van der Waals surface area contributed by atoms with Crippen LogP contribution >= 0.6 is 35.0 Å². The minimum absolute atomic E-state index is 0.0328. The minimum atomic E-state index is -0.677. The molecule has 2 rings (SSSR count). The molecule has 1 heterocycles. The van der Waals surface area contributed by atoms with Gasteiger partial charge >= 0.3 is 5.97 Å². The summed E-state index contributed by atoms with van der Waals surface area (Å²) in [6.45, 7) is 1.95. The molecule has 0 spiro atoms. The van der Waals surface area contributed by atoms with E-state index in [4.69, 9.17) is 27.9 Å². The summed E-state index contributed by atoms with van der Waals surface area (Å²) in [5, 5.41) is 5.44. The fraction of sp³-hybridized carbons (Fsp3) is 0.400. The van der Waals surface area contributed by atoms with Crippen molar-refractivity contribution < 1.29 is 19.1 Å². The second kappa shape index (κ2) is 8.60. The van der Waals surface area contributed by atoms with Crippen LogP contribution < -0.4 is 10.6 Å². The van der Waals surface area contributed by atoms with Crippen molar-refractivity contribution in [1.82, 2.24) is 5.32 Å². The summed E-state index contributed by atoms with van der Waals surface area (Å²) in [4.78, 5) is 35.8. The predicted molar refractivity (Wildman–Crippen MR) is 94.5 cm³/mol. The SMILES string of the molecule is CCOC(=O)[C@@H]1CS[C@@H](CC(=O)Nc2cc(Cl)ccc2Cl)C(=O)N1. The maximum Gasteiger partial charge on any atom is 0.329 e. The third-order valence-corrected chi connectivity index (χ3v) is 5.09. The normalized spacial score (nSPS) is 20.2. The quantitative estimate of drug-likeness (QED) is 0.754. The number of halogens is 2. The summed E-state index contributed by atoms with van der Waals surface area (Å²) in [5.41, 5.74) is 0.389. The first-order valence-electron chi connectivity index (χ1n) is 7.24. The van der Waals surface area contributed by atoms with E-state index in [0.29, 0.717) is 21.5 Å². The number of amides is 2. The van der Waals surface area contributed by atoms with Gasteiger partial charge in [0.2, 0.25) is 11.8 Å². The lowest BCUT2D eigenvalue weighted by Crippen LogP contribution is -2.51. The number of carbonyl (C=O) groups is 3. The van der Waals surface area contributed by atoms with Crippen molar-refractivity contribution in [2.45, 2.75) is 24.6 Å². The van der Waals surface area contributed by atoms with Crippen molar-refractivity contribution in [1.29, 1.82) is 0 Å². The fourth-order valence-electron chi connectivity index (χ4n) is 2.08. The van der Waals surface area contributed by atoms with Crippen molar-refractivity contribution >= 4 is 58.4 Å². The van der Waals surface area contributed by atoms with Crippen LogP contribution in [0.15, 0.2) is 18.2 Å². The molecule has 9 heteroatoms. The van der Waals surface area contributed by atoms with E-state index >= 15 is 0 Å². The molecule has 24 heavy (non-hydrogen) atoms. The van der Waals surface area contributed by atoms with E-state index in [2.05, 4.69) is 10.6 Å². The molecule has 2 amide bonds. The Morgan fingerprint density at radius 1 is 1.42 bits per heavy atom. The molecule has 130 valence electrons. The van der Waals surface area contributed by atoms with Crippen LogP contribution in [0.2, 0.25) is 10.0 Å². The van der Waals surface area contributed by atoms with Gasteiger partial charge < -0.3 is 15.4 Å². The van der Waals surface area contributed by atoms with Crippen molar-refractivity contribution in [3.05, 3.63) is 28.2 Å². The molecule has 1 aliphatic rings. The van der Waals surface area contributed by atoms with Gasteiger partial charge in [0.1, 0.15) is 6.04 Å². The molecule has 1 fully saturated rings. The number of ether oxygens (including phenoxy) is 1. The molecule has 0 aromatic heterocycles. The van der Waals surface area contributed by atoms with Gasteiger partial charge in [-0.15, -0.1) is 11.8 Å². The van der Waals surface area contributed by atoms with Crippen LogP contribution in [0.4, 0.5) is 5.69 Å². The van der Waals surface area contributed by atoms with Gasteiger partial charge in [-0.05, 0) is 25.1 Å². The Bertz CT molecular complexity index is 656. The Morgan fingerprint density at radius 3 is 2.83 bits per heavy atom. The summed E-state index contributed by atoms with van der Waals surface area (Å²) in [7, 11) is 0. The summed E-state index contributed by atoms with van der Waals surface area (Å²) in [6.07, 6.45) is -0.0328. The number of hydrogen-bond acceptors (Lipinski definition) is 5. The topological polar surface area (TPSA) is 84.5 Å². The first-order valence-corrected chi connectivity index (χ1v) is 9.04. The number of benzene rings is 1. The highest BCUT2D eigenvalue weighted by Crippen LogP contribution is 2.27. The number of carbonyl (C=O) groups excluding carboxylic acids is 3. The van der Waals surface area contributed by atoms with E-state index in [-0.39, 0.29) is 24.8 Å². The molecule has 0 saturated carbocycles. The lowest BCUT2D eigenvalue weighted by atomic mass is 10.2. The number of thioether (sulfide) groups is 1. The third kappa shape index (κ3) is 5.03. The van der Waals surface area contributed by atoms with Gasteiger partial charge in [-0.25, -0.2) is 4.79 Å². The Labute approximate surface area is 153 Å². The van der Waals surface area contributed by atoms with E-state index in [1.165, 1.54) is 17.8 Å². The first-order chi connectivity index (χ1) is 11.4. The number of rotatable bonds is 5. The van der Waals surface area contributed by atoms with Crippen LogP contribution in [-0.2, 0) is 19.1 Å². The Morgan fingerprint density at radius 2 is 2.17 bits per heavy atom. The average molecular weight is 391 g/mol. The van der Waals surface area contributed by atoms with Crippen LogP contribution in [0.3, 0.4) is 0 Å². The minimum Gasteiger partial charge on any atom is -0.464 e. The van der Waals surface area contributed by atoms with Crippen molar-refractivity contribution in [3.63, 3.8) is 0 Å². The van der Waals surface area contributed by atoms with Crippen LogP contribution in [0.25, 0.3) is 0 Å². The zero-order chi connectivity index (χ0) is 17.7. The van der Waals surface area contributed by atoms with Crippen LogP contribution in [-0.4, -0.2) is 41.4 Å². The summed E-state index contributed by atoms with van der Waals surface area (Å²) < 4.78 is 4.88. The third-order valence-electron chi connectivity index (χ3n) is 3.22. The molecule has 1 aliphatic heterocycles. The Balaban J connectivity index is 1.90. The number of nitrogens with one attached hydrogen (secondary N) is 2. The maximum absolute atomic E-state index is 12.1. The Kier molecular flexibility index (Phi) is 6.77. The van der Waals surface area contributed by atoms with Gasteiger partial charge in [0.15, 0.2) is 0 Å². The summed E-state index contributed by atoms with van der Waals surface area (Å²) in [5.74, 6) is -0.828. The number of anilines is 1. The molecule has 2 N–H and O–H groups in total. The van der Waals surface area contributed by atoms with Crippen molar-refractivity contribution in [2.75, 3.05) is 17.7 Å². The van der Waals surface area contributed by atoms with Gasteiger partial charge in [0, 0.05) is 17.2 Å². The summed E-state index contributed by atoms with van der Waals surface area (Å²) in [6, 6.07) is 4.04. The molecule has 6 nitrogen and oxygen atoms in total. The fourth-order valence-corrected chi connectivity index (χ4v) is 3.55. The lowest BCUT2D eigenvalue weighted by Gasteiger charge is -2.27. The molecule has 1 aromatic rings. The molecule has 0 aliphatic carbocycles.